The number of ether oxygens (including phenoxy) is 1. The predicted octanol–water partition coefficient (Wildman–Crippen LogP) is 4.15. The summed E-state index contributed by atoms with van der Waals surface area (Å²) in [6, 6.07) is 2.33. The summed E-state index contributed by atoms with van der Waals surface area (Å²) in [6.45, 7) is 4.99. The quantitative estimate of drug-likeness (QED) is 0.851. The second kappa shape index (κ2) is 5.30. The Morgan fingerprint density at radius 2 is 2.18 bits per heavy atom. The van der Waals surface area contributed by atoms with Gasteiger partial charge in [0.05, 0.1) is 12.2 Å². The zero-order valence-corrected chi connectivity index (χ0v) is 13.1. The molecule has 0 N–H and O–H groups in total. The van der Waals surface area contributed by atoms with Gasteiger partial charge in [-0.2, -0.15) is 5.10 Å². The van der Waals surface area contributed by atoms with Crippen molar-refractivity contribution in [2.24, 2.45) is 0 Å². The molecule has 0 saturated heterocycles. The summed E-state index contributed by atoms with van der Waals surface area (Å²) in [5, 5.41) is 8.96. The van der Waals surface area contributed by atoms with Crippen LogP contribution in [0.4, 0.5) is 0 Å². The van der Waals surface area contributed by atoms with E-state index in [-0.39, 0.29) is 0 Å². The minimum Gasteiger partial charge on any atom is -0.493 e. The number of hydrogen-bond donors (Lipinski definition) is 0. The minimum atomic E-state index is 0.331. The van der Waals surface area contributed by atoms with E-state index in [1.807, 2.05) is 16.9 Å². The van der Waals surface area contributed by atoms with Crippen LogP contribution >= 0.6 is 0 Å². The zero-order chi connectivity index (χ0) is 15.1. The minimum absolute atomic E-state index is 0.331. The van der Waals surface area contributed by atoms with Crippen LogP contribution in [-0.4, -0.2) is 21.5 Å². The van der Waals surface area contributed by atoms with Crippen LogP contribution in [0.25, 0.3) is 17.1 Å². The molecule has 1 aliphatic heterocycles. The first-order valence-electron chi connectivity index (χ1n) is 8.12. The molecule has 22 heavy (non-hydrogen) atoms. The number of nitrogens with zero attached hydrogens (tertiary/aromatic N) is 3. The molecule has 0 amide bonds. The maximum absolute atomic E-state index is 5.88. The molecular formula is C17H21N3O2. The third-order valence-corrected chi connectivity index (χ3v) is 4.23. The average molecular weight is 299 g/mol. The molecule has 5 heteroatoms. The maximum atomic E-state index is 5.88. The van der Waals surface area contributed by atoms with Crippen molar-refractivity contribution in [1.29, 1.82) is 0 Å². The lowest BCUT2D eigenvalue weighted by atomic mass is 10.0. The van der Waals surface area contributed by atoms with Gasteiger partial charge in [-0.3, -0.25) is 4.68 Å². The molecule has 2 aromatic rings. The molecule has 1 aliphatic carbocycles. The average Bonchev–Trinajstić information content (AvgIpc) is 3.10. The van der Waals surface area contributed by atoms with Crippen LogP contribution in [0.2, 0.25) is 0 Å². The van der Waals surface area contributed by atoms with Crippen molar-refractivity contribution in [1.82, 2.24) is 14.9 Å². The lowest BCUT2D eigenvalue weighted by Crippen LogP contribution is -2.03. The monoisotopic (exact) mass is 299 g/mol. The van der Waals surface area contributed by atoms with Crippen molar-refractivity contribution in [3.63, 3.8) is 0 Å². The highest BCUT2D eigenvalue weighted by molar-refractivity contribution is 5.76. The first kappa shape index (κ1) is 13.6. The largest absolute Gasteiger partial charge is 0.493 e. The fourth-order valence-electron chi connectivity index (χ4n) is 2.82. The summed E-state index contributed by atoms with van der Waals surface area (Å²) in [5.41, 5.74) is 2.69. The molecule has 0 aromatic carbocycles. The topological polar surface area (TPSA) is 53.1 Å². The number of allylic oxidation sites excluding steroid dienone is 1. The van der Waals surface area contributed by atoms with E-state index in [1.165, 1.54) is 12.8 Å². The Kier molecular flexibility index (Phi) is 3.28. The van der Waals surface area contributed by atoms with Crippen LogP contribution in [-0.2, 0) is 4.74 Å². The number of hydrogen-bond acceptors (Lipinski definition) is 4. The van der Waals surface area contributed by atoms with Crippen molar-refractivity contribution in [3.05, 3.63) is 29.7 Å². The van der Waals surface area contributed by atoms with Gasteiger partial charge >= 0.3 is 0 Å². The van der Waals surface area contributed by atoms with E-state index in [4.69, 9.17) is 9.26 Å². The van der Waals surface area contributed by atoms with Gasteiger partial charge in [-0.1, -0.05) is 5.16 Å². The number of aromatic nitrogens is 3. The standard InChI is InChI=1S/C17H21N3O2/c1-11(2)20-9-8-13(18-20)16-15(14-5-3-4-10-21-14)17(22-19-16)12-6-7-12/h5,8-9,11-12H,3-4,6-7,10H2,1-2H3. The van der Waals surface area contributed by atoms with Gasteiger partial charge in [-0.25, -0.2) is 0 Å². The molecule has 5 nitrogen and oxygen atoms in total. The van der Waals surface area contributed by atoms with Gasteiger partial charge in [-0.05, 0) is 51.7 Å². The second-order valence-electron chi connectivity index (χ2n) is 6.38. The van der Waals surface area contributed by atoms with Crippen LogP contribution in [0.3, 0.4) is 0 Å². The smallest absolute Gasteiger partial charge is 0.151 e. The van der Waals surface area contributed by atoms with E-state index in [0.717, 1.165) is 47.9 Å². The predicted molar refractivity (Wildman–Crippen MR) is 83.2 cm³/mol. The van der Waals surface area contributed by atoms with Crippen molar-refractivity contribution in [2.75, 3.05) is 6.61 Å². The van der Waals surface area contributed by atoms with Crippen molar-refractivity contribution in [3.8, 4) is 11.4 Å². The zero-order valence-electron chi connectivity index (χ0n) is 13.1. The van der Waals surface area contributed by atoms with Crippen LogP contribution < -0.4 is 0 Å². The molecule has 0 spiro atoms. The van der Waals surface area contributed by atoms with Crippen LogP contribution in [0, 0.1) is 0 Å². The van der Waals surface area contributed by atoms with E-state index in [1.54, 1.807) is 0 Å². The summed E-state index contributed by atoms with van der Waals surface area (Å²) < 4.78 is 13.5. The van der Waals surface area contributed by atoms with Crippen molar-refractivity contribution < 1.29 is 9.26 Å². The Bertz CT molecular complexity index is 707. The van der Waals surface area contributed by atoms with Crippen LogP contribution in [0.15, 0.2) is 22.9 Å². The van der Waals surface area contributed by atoms with E-state index in [9.17, 15) is 0 Å². The van der Waals surface area contributed by atoms with Crippen LogP contribution in [0.1, 0.15) is 62.8 Å². The Hall–Kier alpha value is -2.04. The molecule has 0 radical (unpaired) electrons. The summed E-state index contributed by atoms with van der Waals surface area (Å²) in [5.74, 6) is 2.39. The molecule has 116 valence electrons. The molecule has 4 rings (SSSR count). The summed E-state index contributed by atoms with van der Waals surface area (Å²) >= 11 is 0. The highest BCUT2D eigenvalue weighted by Crippen LogP contribution is 2.46. The van der Waals surface area contributed by atoms with Gasteiger partial charge in [0.1, 0.15) is 17.1 Å². The van der Waals surface area contributed by atoms with Gasteiger partial charge in [0, 0.05) is 18.2 Å². The fourth-order valence-corrected chi connectivity index (χ4v) is 2.82. The number of rotatable bonds is 4. The van der Waals surface area contributed by atoms with Gasteiger partial charge in [-0.15, -0.1) is 0 Å². The van der Waals surface area contributed by atoms with E-state index < -0.39 is 0 Å². The summed E-state index contributed by atoms with van der Waals surface area (Å²) in [4.78, 5) is 0. The third-order valence-electron chi connectivity index (χ3n) is 4.23. The van der Waals surface area contributed by atoms with Crippen molar-refractivity contribution in [2.45, 2.75) is 51.5 Å². The SMILES string of the molecule is CC(C)n1ccc(-c2noc(C3CC3)c2C2=CCCCO2)n1. The molecule has 1 saturated carbocycles. The first-order valence-corrected chi connectivity index (χ1v) is 8.12. The van der Waals surface area contributed by atoms with E-state index >= 15 is 0 Å². The molecule has 0 atom stereocenters. The second-order valence-corrected chi connectivity index (χ2v) is 6.38. The third kappa shape index (κ3) is 2.34. The Morgan fingerprint density at radius 1 is 1.32 bits per heavy atom. The van der Waals surface area contributed by atoms with Gasteiger partial charge in [0.15, 0.2) is 5.76 Å². The van der Waals surface area contributed by atoms with E-state index in [2.05, 4.69) is 30.2 Å². The van der Waals surface area contributed by atoms with Crippen LogP contribution in [0.5, 0.6) is 0 Å². The lowest BCUT2D eigenvalue weighted by molar-refractivity contribution is 0.258. The Labute approximate surface area is 129 Å². The summed E-state index contributed by atoms with van der Waals surface area (Å²) in [6.07, 6.45) is 8.62. The molecule has 2 aliphatic rings. The summed E-state index contributed by atoms with van der Waals surface area (Å²) in [7, 11) is 0. The molecule has 1 fully saturated rings. The molecule has 3 heterocycles. The molecule has 0 unspecified atom stereocenters. The van der Waals surface area contributed by atoms with E-state index in [0.29, 0.717) is 12.0 Å². The Balaban J connectivity index is 1.79. The lowest BCUT2D eigenvalue weighted by Gasteiger charge is -2.15. The normalized spacial score (nSPS) is 18.4. The van der Waals surface area contributed by atoms with Gasteiger partial charge in [0.2, 0.25) is 0 Å². The Morgan fingerprint density at radius 3 is 2.82 bits per heavy atom. The first-order chi connectivity index (χ1) is 10.7. The highest BCUT2D eigenvalue weighted by atomic mass is 16.5. The van der Waals surface area contributed by atoms with Gasteiger partial charge < -0.3 is 9.26 Å². The van der Waals surface area contributed by atoms with Gasteiger partial charge in [0.25, 0.3) is 0 Å². The molecule has 2 aromatic heterocycles. The van der Waals surface area contributed by atoms with Crippen molar-refractivity contribution >= 4 is 5.76 Å². The fraction of sp³-hybridized carbons (Fsp3) is 0.529. The highest BCUT2D eigenvalue weighted by Gasteiger charge is 2.35. The maximum Gasteiger partial charge on any atom is 0.151 e. The molecular weight excluding hydrogens is 278 g/mol. The molecule has 0 bridgehead atoms.